The van der Waals surface area contributed by atoms with Crippen LogP contribution in [-0.4, -0.2) is 37.5 Å². The topological polar surface area (TPSA) is 41.5 Å². The molecule has 0 saturated heterocycles. The normalized spacial score (nSPS) is 27.4. The lowest BCUT2D eigenvalue weighted by atomic mass is 9.77. The highest BCUT2D eigenvalue weighted by atomic mass is 16.5. The average Bonchev–Trinajstić information content (AvgIpc) is 2.30. The Bertz CT molecular complexity index is 191. The van der Waals surface area contributed by atoms with Gasteiger partial charge < -0.3 is 15.2 Å². The maximum absolute atomic E-state index is 9.07. The molecule has 1 saturated carbocycles. The molecule has 0 aromatic carbocycles. The van der Waals surface area contributed by atoms with Crippen LogP contribution in [-0.2, 0) is 4.74 Å². The third-order valence-corrected chi connectivity index (χ3v) is 3.97. The van der Waals surface area contributed by atoms with Gasteiger partial charge in [-0.25, -0.2) is 0 Å². The first kappa shape index (κ1) is 14.9. The first-order valence-electron chi connectivity index (χ1n) is 7.04. The molecule has 0 heterocycles. The number of nitrogens with one attached hydrogen (secondary N) is 1. The third kappa shape index (κ3) is 4.94. The van der Waals surface area contributed by atoms with Gasteiger partial charge in [0.1, 0.15) is 0 Å². The highest BCUT2D eigenvalue weighted by Crippen LogP contribution is 2.30. The summed E-state index contributed by atoms with van der Waals surface area (Å²) < 4.78 is 5.22. The van der Waals surface area contributed by atoms with E-state index in [0.717, 1.165) is 18.3 Å². The van der Waals surface area contributed by atoms with E-state index in [0.29, 0.717) is 18.7 Å². The lowest BCUT2D eigenvalue weighted by Crippen LogP contribution is -2.47. The van der Waals surface area contributed by atoms with Gasteiger partial charge in [-0.2, -0.15) is 0 Å². The SMILES string of the molecule is COCC(CCO)NC1CCCCC1C(C)C. The van der Waals surface area contributed by atoms with E-state index in [4.69, 9.17) is 9.84 Å². The smallest absolute Gasteiger partial charge is 0.0616 e. The van der Waals surface area contributed by atoms with Gasteiger partial charge in [-0.15, -0.1) is 0 Å². The number of methoxy groups -OCH3 is 1. The maximum Gasteiger partial charge on any atom is 0.0616 e. The minimum Gasteiger partial charge on any atom is -0.396 e. The van der Waals surface area contributed by atoms with Gasteiger partial charge in [0.2, 0.25) is 0 Å². The molecule has 3 unspecified atom stereocenters. The summed E-state index contributed by atoms with van der Waals surface area (Å²) in [6.45, 7) is 5.58. The van der Waals surface area contributed by atoms with Gasteiger partial charge in [-0.1, -0.05) is 26.7 Å². The Kier molecular flexibility index (Phi) is 7.09. The number of hydrogen-bond donors (Lipinski definition) is 2. The zero-order valence-electron chi connectivity index (χ0n) is 11.6. The Morgan fingerprint density at radius 1 is 1.29 bits per heavy atom. The molecule has 0 aromatic heterocycles. The van der Waals surface area contributed by atoms with E-state index in [9.17, 15) is 0 Å². The summed E-state index contributed by atoms with van der Waals surface area (Å²) in [5.41, 5.74) is 0. The van der Waals surface area contributed by atoms with Gasteiger partial charge >= 0.3 is 0 Å². The van der Waals surface area contributed by atoms with Crippen molar-refractivity contribution in [1.82, 2.24) is 5.32 Å². The lowest BCUT2D eigenvalue weighted by Gasteiger charge is -2.37. The zero-order valence-corrected chi connectivity index (χ0v) is 11.6. The van der Waals surface area contributed by atoms with Crippen molar-refractivity contribution in [2.24, 2.45) is 11.8 Å². The van der Waals surface area contributed by atoms with E-state index >= 15 is 0 Å². The lowest BCUT2D eigenvalue weighted by molar-refractivity contribution is 0.118. The summed E-state index contributed by atoms with van der Waals surface area (Å²) >= 11 is 0. The quantitative estimate of drug-likeness (QED) is 0.720. The van der Waals surface area contributed by atoms with Gasteiger partial charge in [0.25, 0.3) is 0 Å². The van der Waals surface area contributed by atoms with Crippen molar-refractivity contribution in [3.05, 3.63) is 0 Å². The number of aliphatic hydroxyl groups excluding tert-OH is 1. The van der Waals surface area contributed by atoms with Crippen molar-refractivity contribution in [3.63, 3.8) is 0 Å². The second-order valence-electron chi connectivity index (χ2n) is 5.63. The van der Waals surface area contributed by atoms with Gasteiger partial charge in [0, 0.05) is 25.8 Å². The molecule has 3 heteroatoms. The molecule has 1 fully saturated rings. The summed E-state index contributed by atoms with van der Waals surface area (Å²) in [7, 11) is 1.73. The molecule has 0 bridgehead atoms. The van der Waals surface area contributed by atoms with Gasteiger partial charge in [-0.3, -0.25) is 0 Å². The molecule has 0 aromatic rings. The maximum atomic E-state index is 9.07. The number of rotatable bonds is 7. The fourth-order valence-electron chi connectivity index (χ4n) is 3.04. The minimum absolute atomic E-state index is 0.236. The fourth-order valence-corrected chi connectivity index (χ4v) is 3.04. The van der Waals surface area contributed by atoms with E-state index < -0.39 is 0 Å². The molecule has 0 spiro atoms. The Balaban J connectivity index is 2.49. The van der Waals surface area contributed by atoms with E-state index in [2.05, 4.69) is 19.2 Å². The Morgan fingerprint density at radius 3 is 2.59 bits per heavy atom. The molecular weight excluding hydrogens is 214 g/mol. The predicted octanol–water partition coefficient (Wildman–Crippen LogP) is 2.19. The molecule has 1 aliphatic rings. The van der Waals surface area contributed by atoms with Crippen molar-refractivity contribution in [1.29, 1.82) is 0 Å². The van der Waals surface area contributed by atoms with Crippen molar-refractivity contribution >= 4 is 0 Å². The van der Waals surface area contributed by atoms with E-state index in [1.807, 2.05) is 0 Å². The second-order valence-corrected chi connectivity index (χ2v) is 5.63. The Labute approximate surface area is 106 Å². The molecule has 3 atom stereocenters. The standard InChI is InChI=1S/C14H29NO2/c1-11(2)13-6-4-5-7-14(13)15-12(8-9-16)10-17-3/h11-16H,4-10H2,1-3H3. The van der Waals surface area contributed by atoms with Gasteiger partial charge in [-0.05, 0) is 31.1 Å². The van der Waals surface area contributed by atoms with E-state index in [1.165, 1.54) is 25.7 Å². The van der Waals surface area contributed by atoms with Crippen molar-refractivity contribution in [2.75, 3.05) is 20.3 Å². The van der Waals surface area contributed by atoms with Crippen LogP contribution in [0.4, 0.5) is 0 Å². The van der Waals surface area contributed by atoms with Crippen molar-refractivity contribution in [2.45, 2.75) is 58.0 Å². The third-order valence-electron chi connectivity index (χ3n) is 3.97. The highest BCUT2D eigenvalue weighted by Gasteiger charge is 2.28. The molecule has 1 aliphatic carbocycles. The summed E-state index contributed by atoms with van der Waals surface area (Å²) in [4.78, 5) is 0. The average molecular weight is 243 g/mol. The minimum atomic E-state index is 0.236. The van der Waals surface area contributed by atoms with Crippen LogP contribution >= 0.6 is 0 Å². The molecule has 2 N–H and O–H groups in total. The van der Waals surface area contributed by atoms with E-state index in [1.54, 1.807) is 7.11 Å². The number of hydrogen-bond acceptors (Lipinski definition) is 3. The van der Waals surface area contributed by atoms with Crippen molar-refractivity contribution < 1.29 is 9.84 Å². The van der Waals surface area contributed by atoms with Crippen LogP contribution in [0.15, 0.2) is 0 Å². The fraction of sp³-hybridized carbons (Fsp3) is 1.00. The Morgan fingerprint density at radius 2 is 2.00 bits per heavy atom. The van der Waals surface area contributed by atoms with Crippen LogP contribution in [0.5, 0.6) is 0 Å². The van der Waals surface area contributed by atoms with E-state index in [-0.39, 0.29) is 6.61 Å². The van der Waals surface area contributed by atoms with Crippen LogP contribution in [0, 0.1) is 11.8 Å². The second kappa shape index (κ2) is 8.06. The zero-order chi connectivity index (χ0) is 12.7. The summed E-state index contributed by atoms with van der Waals surface area (Å²) in [6, 6.07) is 0.907. The van der Waals surface area contributed by atoms with Crippen LogP contribution in [0.3, 0.4) is 0 Å². The highest BCUT2D eigenvalue weighted by molar-refractivity contribution is 4.85. The molecule has 3 nitrogen and oxygen atoms in total. The van der Waals surface area contributed by atoms with Crippen LogP contribution in [0.1, 0.15) is 46.0 Å². The molecule has 0 aliphatic heterocycles. The molecule has 17 heavy (non-hydrogen) atoms. The first-order valence-corrected chi connectivity index (χ1v) is 7.04. The largest absolute Gasteiger partial charge is 0.396 e. The summed E-state index contributed by atoms with van der Waals surface area (Å²) in [5, 5.41) is 12.8. The summed E-state index contributed by atoms with van der Waals surface area (Å²) in [6.07, 6.45) is 6.10. The molecule has 1 rings (SSSR count). The predicted molar refractivity (Wildman–Crippen MR) is 71.1 cm³/mol. The molecular formula is C14H29NO2. The van der Waals surface area contributed by atoms with Gasteiger partial charge in [0.15, 0.2) is 0 Å². The van der Waals surface area contributed by atoms with Gasteiger partial charge in [0.05, 0.1) is 6.61 Å². The molecule has 102 valence electrons. The number of aliphatic hydroxyl groups is 1. The molecule has 0 amide bonds. The van der Waals surface area contributed by atoms with Crippen molar-refractivity contribution in [3.8, 4) is 0 Å². The number of ether oxygens (including phenoxy) is 1. The Hall–Kier alpha value is -0.120. The molecule has 0 radical (unpaired) electrons. The summed E-state index contributed by atoms with van der Waals surface area (Å²) in [5.74, 6) is 1.52. The monoisotopic (exact) mass is 243 g/mol. The van der Waals surface area contributed by atoms with Crippen LogP contribution in [0.2, 0.25) is 0 Å². The van der Waals surface area contributed by atoms with Crippen LogP contribution < -0.4 is 5.32 Å². The first-order chi connectivity index (χ1) is 8.19. The van der Waals surface area contributed by atoms with Crippen LogP contribution in [0.25, 0.3) is 0 Å².